The standard InChI is InChI=1S/C21H22BrNO5/c1-14(24)13-21(26)16-12-15(22)8-9-17(16)23(20(21)25)10-5-11-28-19-7-4-3-6-18(19)27-2/h3-4,6-9,12,26H,5,10-11,13H2,1-2H3. The van der Waals surface area contributed by atoms with Gasteiger partial charge in [0.25, 0.3) is 5.91 Å². The molecule has 28 heavy (non-hydrogen) atoms. The zero-order valence-corrected chi connectivity index (χ0v) is 17.4. The molecule has 0 fully saturated rings. The van der Waals surface area contributed by atoms with E-state index in [1.165, 1.54) is 11.8 Å². The van der Waals surface area contributed by atoms with Crippen molar-refractivity contribution < 1.29 is 24.2 Å². The maximum absolute atomic E-state index is 12.9. The van der Waals surface area contributed by atoms with Crippen LogP contribution < -0.4 is 14.4 Å². The number of ketones is 1. The highest BCUT2D eigenvalue weighted by molar-refractivity contribution is 9.10. The number of anilines is 1. The highest BCUT2D eigenvalue weighted by Gasteiger charge is 2.50. The van der Waals surface area contributed by atoms with Gasteiger partial charge in [-0.2, -0.15) is 0 Å². The van der Waals surface area contributed by atoms with Crippen LogP contribution in [0.1, 0.15) is 25.3 Å². The van der Waals surface area contributed by atoms with Gasteiger partial charge in [0.05, 0.1) is 19.4 Å². The number of aliphatic hydroxyl groups is 1. The van der Waals surface area contributed by atoms with Crippen LogP contribution in [-0.2, 0) is 15.2 Å². The summed E-state index contributed by atoms with van der Waals surface area (Å²) in [5.41, 5.74) is -0.754. The Morgan fingerprint density at radius 3 is 2.61 bits per heavy atom. The van der Waals surface area contributed by atoms with Crippen molar-refractivity contribution in [2.75, 3.05) is 25.2 Å². The molecular weight excluding hydrogens is 426 g/mol. The third-order valence-corrected chi connectivity index (χ3v) is 5.14. The molecule has 0 saturated carbocycles. The molecular formula is C21H22BrNO5. The average Bonchev–Trinajstić information content (AvgIpc) is 2.86. The molecule has 0 saturated heterocycles. The summed E-state index contributed by atoms with van der Waals surface area (Å²) in [6.45, 7) is 2.11. The van der Waals surface area contributed by atoms with Gasteiger partial charge in [0.2, 0.25) is 0 Å². The molecule has 1 unspecified atom stereocenters. The number of nitrogens with zero attached hydrogens (tertiary/aromatic N) is 1. The predicted molar refractivity (Wildman–Crippen MR) is 109 cm³/mol. The lowest BCUT2D eigenvalue weighted by Crippen LogP contribution is -2.42. The Kier molecular flexibility index (Phi) is 6.05. The van der Waals surface area contributed by atoms with Crippen LogP contribution in [0, 0.1) is 0 Å². The first-order chi connectivity index (χ1) is 13.4. The van der Waals surface area contributed by atoms with E-state index in [9.17, 15) is 14.7 Å². The second kappa shape index (κ2) is 8.32. The minimum Gasteiger partial charge on any atom is -0.493 e. The Morgan fingerprint density at radius 1 is 1.21 bits per heavy atom. The van der Waals surface area contributed by atoms with E-state index >= 15 is 0 Å². The molecule has 1 atom stereocenters. The van der Waals surface area contributed by atoms with Crippen LogP contribution in [0.2, 0.25) is 0 Å². The number of methoxy groups -OCH3 is 1. The van der Waals surface area contributed by atoms with Gasteiger partial charge >= 0.3 is 0 Å². The van der Waals surface area contributed by atoms with E-state index in [1.54, 1.807) is 19.2 Å². The topological polar surface area (TPSA) is 76.1 Å². The minimum atomic E-state index is -1.82. The summed E-state index contributed by atoms with van der Waals surface area (Å²) in [5.74, 6) is 0.553. The summed E-state index contributed by atoms with van der Waals surface area (Å²) in [7, 11) is 1.58. The first-order valence-electron chi connectivity index (χ1n) is 8.96. The normalized spacial score (nSPS) is 18.1. The van der Waals surface area contributed by atoms with E-state index < -0.39 is 11.5 Å². The zero-order chi connectivity index (χ0) is 20.3. The number of hydrogen-bond acceptors (Lipinski definition) is 5. The van der Waals surface area contributed by atoms with E-state index in [0.29, 0.717) is 42.3 Å². The fourth-order valence-electron chi connectivity index (χ4n) is 3.42. The van der Waals surface area contributed by atoms with E-state index in [-0.39, 0.29) is 12.2 Å². The molecule has 0 bridgehead atoms. The third kappa shape index (κ3) is 3.91. The fourth-order valence-corrected chi connectivity index (χ4v) is 3.78. The number of carbonyl (C=O) groups excluding carboxylic acids is 2. The van der Waals surface area contributed by atoms with Crippen LogP contribution >= 0.6 is 15.9 Å². The Bertz CT molecular complexity index is 900. The summed E-state index contributed by atoms with van der Waals surface area (Å²) in [5, 5.41) is 11.0. The average molecular weight is 448 g/mol. The van der Waals surface area contributed by atoms with Crippen LogP contribution in [0.25, 0.3) is 0 Å². The number of fused-ring (bicyclic) bond motifs is 1. The number of benzene rings is 2. The van der Waals surface area contributed by atoms with Crippen molar-refractivity contribution in [3.8, 4) is 11.5 Å². The molecule has 1 heterocycles. The molecule has 1 aliphatic heterocycles. The van der Waals surface area contributed by atoms with Crippen LogP contribution in [-0.4, -0.2) is 37.1 Å². The smallest absolute Gasteiger partial charge is 0.264 e. The SMILES string of the molecule is COc1ccccc1OCCCN1C(=O)C(O)(CC(C)=O)c2cc(Br)ccc21. The van der Waals surface area contributed by atoms with Crippen molar-refractivity contribution in [2.45, 2.75) is 25.4 Å². The van der Waals surface area contributed by atoms with Crippen LogP contribution in [0.15, 0.2) is 46.9 Å². The highest BCUT2D eigenvalue weighted by atomic mass is 79.9. The van der Waals surface area contributed by atoms with E-state index in [2.05, 4.69) is 15.9 Å². The lowest BCUT2D eigenvalue weighted by atomic mass is 9.90. The van der Waals surface area contributed by atoms with Gasteiger partial charge in [0.15, 0.2) is 17.1 Å². The quantitative estimate of drug-likeness (QED) is 0.627. The molecule has 0 aliphatic carbocycles. The Balaban J connectivity index is 1.72. The number of para-hydroxylation sites is 2. The number of halogens is 1. The maximum atomic E-state index is 12.9. The van der Waals surface area contributed by atoms with Gasteiger partial charge in [0, 0.05) is 23.0 Å². The van der Waals surface area contributed by atoms with Crippen molar-refractivity contribution >= 4 is 33.3 Å². The Morgan fingerprint density at radius 2 is 1.93 bits per heavy atom. The molecule has 1 aliphatic rings. The van der Waals surface area contributed by atoms with Crippen molar-refractivity contribution in [3.63, 3.8) is 0 Å². The largest absolute Gasteiger partial charge is 0.493 e. The third-order valence-electron chi connectivity index (χ3n) is 4.65. The lowest BCUT2D eigenvalue weighted by molar-refractivity contribution is -0.141. The van der Waals surface area contributed by atoms with Gasteiger partial charge in [-0.25, -0.2) is 0 Å². The summed E-state index contributed by atoms with van der Waals surface area (Å²) in [6, 6.07) is 12.6. The van der Waals surface area contributed by atoms with Gasteiger partial charge in [0.1, 0.15) is 5.78 Å². The van der Waals surface area contributed by atoms with Crippen molar-refractivity contribution in [2.24, 2.45) is 0 Å². The van der Waals surface area contributed by atoms with E-state index in [4.69, 9.17) is 9.47 Å². The Hall–Kier alpha value is -2.38. The van der Waals surface area contributed by atoms with Crippen LogP contribution in [0.3, 0.4) is 0 Å². The molecule has 0 spiro atoms. The van der Waals surface area contributed by atoms with Crippen molar-refractivity contribution in [1.29, 1.82) is 0 Å². The van der Waals surface area contributed by atoms with Gasteiger partial charge in [-0.05, 0) is 43.7 Å². The molecule has 3 rings (SSSR count). The van der Waals surface area contributed by atoms with Gasteiger partial charge < -0.3 is 19.5 Å². The molecule has 7 heteroatoms. The minimum absolute atomic E-state index is 0.247. The van der Waals surface area contributed by atoms with Crippen molar-refractivity contribution in [3.05, 3.63) is 52.5 Å². The maximum Gasteiger partial charge on any atom is 0.264 e. The van der Waals surface area contributed by atoms with Gasteiger partial charge in [-0.3, -0.25) is 9.59 Å². The molecule has 2 aromatic carbocycles. The van der Waals surface area contributed by atoms with Crippen LogP contribution in [0.5, 0.6) is 11.5 Å². The van der Waals surface area contributed by atoms with Crippen molar-refractivity contribution in [1.82, 2.24) is 0 Å². The Labute approximate surface area is 172 Å². The van der Waals surface area contributed by atoms with Gasteiger partial charge in [-0.1, -0.05) is 28.1 Å². The highest BCUT2D eigenvalue weighted by Crippen LogP contribution is 2.43. The molecule has 1 amide bonds. The molecule has 0 radical (unpaired) electrons. The molecule has 148 valence electrons. The number of ether oxygens (including phenoxy) is 2. The summed E-state index contributed by atoms with van der Waals surface area (Å²) in [6.07, 6.45) is 0.305. The lowest BCUT2D eigenvalue weighted by Gasteiger charge is -2.22. The summed E-state index contributed by atoms with van der Waals surface area (Å²) < 4.78 is 11.8. The molecule has 2 aromatic rings. The molecule has 1 N–H and O–H groups in total. The fraction of sp³-hybridized carbons (Fsp3) is 0.333. The number of amides is 1. The first-order valence-corrected chi connectivity index (χ1v) is 9.75. The second-order valence-electron chi connectivity index (χ2n) is 6.71. The molecule has 0 aromatic heterocycles. The van der Waals surface area contributed by atoms with Gasteiger partial charge in [-0.15, -0.1) is 0 Å². The van der Waals surface area contributed by atoms with E-state index in [0.717, 1.165) is 4.47 Å². The zero-order valence-electron chi connectivity index (χ0n) is 15.8. The first kappa shape index (κ1) is 20.4. The number of hydrogen-bond donors (Lipinski definition) is 1. The monoisotopic (exact) mass is 447 g/mol. The molecule has 6 nitrogen and oxygen atoms in total. The number of carbonyl (C=O) groups is 2. The van der Waals surface area contributed by atoms with Crippen LogP contribution in [0.4, 0.5) is 5.69 Å². The number of rotatable bonds is 8. The summed E-state index contributed by atoms with van der Waals surface area (Å²) >= 11 is 3.37. The summed E-state index contributed by atoms with van der Waals surface area (Å²) in [4.78, 5) is 26.1. The van der Waals surface area contributed by atoms with E-state index in [1.807, 2.05) is 30.3 Å². The number of Topliss-reactive ketones (excluding diaryl/α,β-unsaturated/α-hetero) is 1. The predicted octanol–water partition coefficient (Wildman–Crippen LogP) is 3.44. The second-order valence-corrected chi connectivity index (χ2v) is 7.63.